The molecule has 1 aromatic rings. The number of halogens is 3. The molecule has 0 radical (unpaired) electrons. The van der Waals surface area contributed by atoms with E-state index in [4.69, 9.17) is 29.2 Å². The maximum atomic E-state index is 13.7. The van der Waals surface area contributed by atoms with Crippen LogP contribution in [0.4, 0.5) is 18.9 Å². The fraction of sp³-hybridized carbons (Fsp3) is 0.500. The van der Waals surface area contributed by atoms with Gasteiger partial charge < -0.3 is 23.7 Å². The van der Waals surface area contributed by atoms with Crippen molar-refractivity contribution in [1.82, 2.24) is 0 Å². The van der Waals surface area contributed by atoms with Crippen LogP contribution in [0, 0.1) is 0 Å². The maximum absolute atomic E-state index is 13.7. The van der Waals surface area contributed by atoms with Crippen molar-refractivity contribution in [1.29, 1.82) is 0 Å². The Morgan fingerprint density at radius 1 is 1.00 bits per heavy atom. The van der Waals surface area contributed by atoms with E-state index < -0.39 is 67.2 Å². The summed E-state index contributed by atoms with van der Waals surface area (Å²) in [5.41, 5.74) is 8.90. The highest BCUT2D eigenvalue weighted by Gasteiger charge is 2.53. The van der Waals surface area contributed by atoms with Crippen LogP contribution in [0.5, 0.6) is 0 Å². The molecular weight excluding hydrogens is 481 g/mol. The summed E-state index contributed by atoms with van der Waals surface area (Å²) in [6.45, 7) is 2.42. The zero-order valence-corrected chi connectivity index (χ0v) is 18.7. The normalized spacial score (nSPS) is 24.5. The molecule has 0 aromatic heterocycles. The van der Waals surface area contributed by atoms with Crippen molar-refractivity contribution in [3.63, 3.8) is 0 Å². The van der Waals surface area contributed by atoms with Crippen LogP contribution in [0.2, 0.25) is 0 Å². The van der Waals surface area contributed by atoms with E-state index in [1.807, 2.05) is 0 Å². The summed E-state index contributed by atoms with van der Waals surface area (Å²) >= 11 is 0. The molecule has 2 rings (SSSR count). The summed E-state index contributed by atoms with van der Waals surface area (Å²) < 4.78 is 66.8. The highest BCUT2D eigenvalue weighted by Crippen LogP contribution is 2.32. The average molecular weight is 502 g/mol. The maximum Gasteiger partial charge on any atom is 0.468 e. The molecule has 1 heterocycles. The van der Waals surface area contributed by atoms with Crippen molar-refractivity contribution < 1.29 is 51.2 Å². The smallest absolute Gasteiger partial charge is 0.463 e. The van der Waals surface area contributed by atoms with Gasteiger partial charge in [-0.15, -0.1) is 0 Å². The van der Waals surface area contributed by atoms with Gasteiger partial charge in [-0.3, -0.25) is 14.4 Å². The van der Waals surface area contributed by atoms with E-state index in [1.165, 1.54) is 24.3 Å². The Bertz CT molecular complexity index is 998. The number of carbonyl (C=O) groups excluding carboxylic acids is 3. The first-order valence-electron chi connectivity index (χ1n) is 9.97. The van der Waals surface area contributed by atoms with Gasteiger partial charge in [0.2, 0.25) is 6.29 Å². The first kappa shape index (κ1) is 27.4. The van der Waals surface area contributed by atoms with Crippen LogP contribution in [0.1, 0.15) is 20.8 Å². The standard InChI is InChI=1S/C20H21F3N4O8/c1-10(28)31-9-14-16(32-11(2)29)17(33-12(3)30)15(26-27-24)18(34-14)35-19(20(21,22)23)25-13-7-5-4-6-8-13/h4-8,14-18H,9H2,1-3H3/t14-,15-,16+,17-,18?/m1/s1. The summed E-state index contributed by atoms with van der Waals surface area (Å²) in [5, 5.41) is 3.36. The molecule has 190 valence electrons. The number of azide groups is 1. The largest absolute Gasteiger partial charge is 0.468 e. The Hall–Kier alpha value is -3.84. The van der Waals surface area contributed by atoms with Crippen molar-refractivity contribution in [2.75, 3.05) is 6.61 Å². The molecule has 15 heteroatoms. The molecule has 1 aliphatic heterocycles. The van der Waals surface area contributed by atoms with E-state index in [0.717, 1.165) is 20.8 Å². The molecule has 1 aliphatic rings. The van der Waals surface area contributed by atoms with Crippen LogP contribution >= 0.6 is 0 Å². The zero-order valence-electron chi connectivity index (χ0n) is 18.7. The molecule has 35 heavy (non-hydrogen) atoms. The SMILES string of the molecule is CC(=O)OC[C@H]1OC(OC(=Nc2ccccc2)C(F)(F)F)[C@H](N=[N+]=[N-])[C@@H](OC(C)=O)[C@H]1OC(C)=O. The number of alkyl halides is 3. The van der Waals surface area contributed by atoms with Gasteiger partial charge in [-0.25, -0.2) is 4.99 Å². The minimum atomic E-state index is -5.12. The topological polar surface area (TPSA) is 158 Å². The van der Waals surface area contributed by atoms with Gasteiger partial charge in [0, 0.05) is 25.7 Å². The average Bonchev–Trinajstić information content (AvgIpc) is 2.75. The van der Waals surface area contributed by atoms with Crippen molar-refractivity contribution in [2.24, 2.45) is 10.1 Å². The third-order valence-corrected chi connectivity index (χ3v) is 4.31. The van der Waals surface area contributed by atoms with Gasteiger partial charge in [-0.1, -0.05) is 23.3 Å². The monoisotopic (exact) mass is 502 g/mol. The van der Waals surface area contributed by atoms with Gasteiger partial charge in [0.1, 0.15) is 18.8 Å². The Morgan fingerprint density at radius 3 is 2.11 bits per heavy atom. The molecule has 0 N–H and O–H groups in total. The summed E-state index contributed by atoms with van der Waals surface area (Å²) in [7, 11) is 0. The van der Waals surface area contributed by atoms with Crippen molar-refractivity contribution >= 4 is 29.5 Å². The Kier molecular flexibility index (Phi) is 9.42. The molecule has 1 aromatic carbocycles. The highest BCUT2D eigenvalue weighted by molar-refractivity contribution is 5.84. The zero-order chi connectivity index (χ0) is 26.2. The number of hydrogen-bond donors (Lipinski definition) is 0. The molecule has 5 atom stereocenters. The molecule has 12 nitrogen and oxygen atoms in total. The second kappa shape index (κ2) is 12.0. The second-order valence-corrected chi connectivity index (χ2v) is 7.06. The number of hydrogen-bond acceptors (Lipinski definition) is 10. The number of esters is 3. The van der Waals surface area contributed by atoms with E-state index in [9.17, 15) is 27.6 Å². The first-order chi connectivity index (χ1) is 16.4. The fourth-order valence-corrected chi connectivity index (χ4v) is 3.05. The molecule has 0 amide bonds. The van der Waals surface area contributed by atoms with Gasteiger partial charge in [0.15, 0.2) is 12.2 Å². The third kappa shape index (κ3) is 8.15. The van der Waals surface area contributed by atoms with Crippen molar-refractivity contribution in [2.45, 2.75) is 57.6 Å². The van der Waals surface area contributed by atoms with Crippen LogP contribution in [-0.2, 0) is 38.1 Å². The summed E-state index contributed by atoms with van der Waals surface area (Å²) in [4.78, 5) is 40.7. The lowest BCUT2D eigenvalue weighted by molar-refractivity contribution is -0.260. The van der Waals surface area contributed by atoms with Gasteiger partial charge >= 0.3 is 24.1 Å². The number of carbonyl (C=O) groups is 3. The van der Waals surface area contributed by atoms with E-state index >= 15 is 0 Å². The summed E-state index contributed by atoms with van der Waals surface area (Å²) in [6.07, 6.45) is -11.8. The molecule has 1 saturated heterocycles. The quantitative estimate of drug-likeness (QED) is 0.105. The fourth-order valence-electron chi connectivity index (χ4n) is 3.05. The minimum absolute atomic E-state index is 0.109. The number of nitrogens with zero attached hydrogens (tertiary/aromatic N) is 4. The van der Waals surface area contributed by atoms with E-state index in [1.54, 1.807) is 6.07 Å². The Labute approximate surface area is 196 Å². The number of aliphatic imine (C=N–C) groups is 1. The van der Waals surface area contributed by atoms with Crippen LogP contribution in [0.25, 0.3) is 10.4 Å². The summed E-state index contributed by atoms with van der Waals surface area (Å²) in [5.74, 6) is -4.36. The van der Waals surface area contributed by atoms with E-state index in [2.05, 4.69) is 15.0 Å². The van der Waals surface area contributed by atoms with Gasteiger partial charge in [0.05, 0.1) is 5.69 Å². The van der Waals surface area contributed by atoms with Gasteiger partial charge in [-0.2, -0.15) is 13.2 Å². The second-order valence-electron chi connectivity index (χ2n) is 7.06. The van der Waals surface area contributed by atoms with Gasteiger partial charge in [0.25, 0.3) is 5.90 Å². The number of ether oxygens (including phenoxy) is 5. The minimum Gasteiger partial charge on any atom is -0.463 e. The predicted octanol–water partition coefficient (Wildman–Crippen LogP) is 3.13. The highest BCUT2D eigenvalue weighted by atomic mass is 19.4. The lowest BCUT2D eigenvalue weighted by Crippen LogP contribution is -2.61. The number of para-hydroxylation sites is 1. The molecular formula is C20H21F3N4O8. The van der Waals surface area contributed by atoms with Crippen LogP contribution in [0.15, 0.2) is 40.4 Å². The van der Waals surface area contributed by atoms with E-state index in [0.29, 0.717) is 0 Å². The van der Waals surface area contributed by atoms with E-state index in [-0.39, 0.29) is 5.69 Å². The van der Waals surface area contributed by atoms with Crippen LogP contribution < -0.4 is 0 Å². The first-order valence-corrected chi connectivity index (χ1v) is 9.97. The summed E-state index contributed by atoms with van der Waals surface area (Å²) in [6, 6.07) is 5.26. The Morgan fingerprint density at radius 2 is 1.60 bits per heavy atom. The Balaban J connectivity index is 2.54. The molecule has 0 spiro atoms. The number of rotatable bonds is 7. The van der Waals surface area contributed by atoms with Crippen LogP contribution in [0.3, 0.4) is 0 Å². The predicted molar refractivity (Wildman–Crippen MR) is 110 cm³/mol. The van der Waals surface area contributed by atoms with Gasteiger partial charge in [-0.05, 0) is 17.7 Å². The molecule has 0 saturated carbocycles. The molecule has 1 unspecified atom stereocenters. The third-order valence-electron chi connectivity index (χ3n) is 4.31. The lowest BCUT2D eigenvalue weighted by atomic mass is 9.97. The number of benzene rings is 1. The van der Waals surface area contributed by atoms with Crippen molar-refractivity contribution in [3.05, 3.63) is 40.8 Å². The van der Waals surface area contributed by atoms with Crippen molar-refractivity contribution in [3.8, 4) is 0 Å². The molecule has 1 fully saturated rings. The van der Waals surface area contributed by atoms with Crippen LogP contribution in [-0.4, -0.2) is 67.2 Å². The lowest BCUT2D eigenvalue weighted by Gasteiger charge is -2.43. The molecule has 0 aliphatic carbocycles. The molecule has 0 bridgehead atoms.